The van der Waals surface area contributed by atoms with Crippen LogP contribution in [0.2, 0.25) is 0 Å². The van der Waals surface area contributed by atoms with E-state index in [9.17, 15) is 4.79 Å². The average molecular weight is 322 g/mol. The maximum absolute atomic E-state index is 12.1. The monoisotopic (exact) mass is 322 g/mol. The van der Waals surface area contributed by atoms with Crippen molar-refractivity contribution in [3.63, 3.8) is 0 Å². The molecule has 1 amide bonds. The number of nitrogens with zero attached hydrogens (tertiary/aromatic N) is 1. The van der Waals surface area contributed by atoms with Crippen LogP contribution in [-0.4, -0.2) is 10.9 Å². The minimum absolute atomic E-state index is 0.0567. The van der Waals surface area contributed by atoms with Crippen LogP contribution in [0.4, 0.5) is 5.69 Å². The number of nitrogens with one attached hydrogen (secondary N) is 1. The van der Waals surface area contributed by atoms with Crippen LogP contribution < -0.4 is 5.32 Å². The maximum atomic E-state index is 12.1. The van der Waals surface area contributed by atoms with Crippen molar-refractivity contribution in [2.45, 2.75) is 39.5 Å². The van der Waals surface area contributed by atoms with Gasteiger partial charge >= 0.3 is 0 Å². The Morgan fingerprint density at radius 2 is 1.96 bits per heavy atom. The third-order valence-corrected chi connectivity index (χ3v) is 4.14. The van der Waals surface area contributed by atoms with Gasteiger partial charge < -0.3 is 9.73 Å². The van der Waals surface area contributed by atoms with Crippen LogP contribution in [-0.2, 0) is 4.79 Å². The van der Waals surface area contributed by atoms with Gasteiger partial charge in [-0.1, -0.05) is 38.0 Å². The zero-order valence-electron chi connectivity index (χ0n) is 14.1. The summed E-state index contributed by atoms with van der Waals surface area (Å²) in [5, 5.41) is 3.00. The van der Waals surface area contributed by atoms with Gasteiger partial charge in [0.2, 0.25) is 11.8 Å². The Bertz CT molecular complexity index is 819. The maximum Gasteiger partial charge on any atom is 0.227 e. The molecule has 3 aromatic rings. The molecule has 2 aromatic carbocycles. The number of amides is 1. The molecular formula is C20H22N2O2. The second-order valence-electron chi connectivity index (χ2n) is 5.97. The van der Waals surface area contributed by atoms with Crippen molar-refractivity contribution in [1.29, 1.82) is 0 Å². The summed E-state index contributed by atoms with van der Waals surface area (Å²) in [6, 6.07) is 13.5. The van der Waals surface area contributed by atoms with Crippen LogP contribution in [0.1, 0.15) is 38.2 Å². The molecule has 0 saturated carbocycles. The van der Waals surface area contributed by atoms with Crippen LogP contribution >= 0.6 is 0 Å². The molecule has 0 bridgehead atoms. The lowest BCUT2D eigenvalue weighted by molar-refractivity contribution is -0.116. The van der Waals surface area contributed by atoms with Crippen molar-refractivity contribution in [3.8, 4) is 11.5 Å². The van der Waals surface area contributed by atoms with E-state index < -0.39 is 0 Å². The van der Waals surface area contributed by atoms with E-state index in [0.717, 1.165) is 47.2 Å². The van der Waals surface area contributed by atoms with Crippen molar-refractivity contribution < 1.29 is 9.21 Å². The Hall–Kier alpha value is -2.62. The van der Waals surface area contributed by atoms with E-state index in [1.807, 2.05) is 49.4 Å². The second kappa shape index (κ2) is 7.30. The smallest absolute Gasteiger partial charge is 0.227 e. The van der Waals surface area contributed by atoms with Crippen LogP contribution in [0.15, 0.2) is 46.9 Å². The molecule has 24 heavy (non-hydrogen) atoms. The van der Waals surface area contributed by atoms with Gasteiger partial charge in [0.25, 0.3) is 0 Å². The predicted octanol–water partition coefficient (Wildman–Crippen LogP) is 5.32. The quantitative estimate of drug-likeness (QED) is 0.625. The first-order valence-corrected chi connectivity index (χ1v) is 8.44. The SMILES string of the molecule is CCCCCC(=O)Nc1cccc(-c2nc3ccccc3o2)c1C. The minimum Gasteiger partial charge on any atom is -0.436 e. The molecule has 0 aliphatic rings. The van der Waals surface area contributed by atoms with Crippen molar-refractivity contribution in [3.05, 3.63) is 48.0 Å². The lowest BCUT2D eigenvalue weighted by Gasteiger charge is -2.10. The summed E-state index contributed by atoms with van der Waals surface area (Å²) in [6.45, 7) is 4.11. The summed E-state index contributed by atoms with van der Waals surface area (Å²) in [5.74, 6) is 0.636. The van der Waals surface area contributed by atoms with Gasteiger partial charge in [0.15, 0.2) is 5.58 Å². The normalized spacial score (nSPS) is 10.9. The molecule has 1 aromatic heterocycles. The number of hydrogen-bond acceptors (Lipinski definition) is 3. The summed E-state index contributed by atoms with van der Waals surface area (Å²) in [4.78, 5) is 16.6. The van der Waals surface area contributed by atoms with E-state index in [-0.39, 0.29) is 5.91 Å². The number of anilines is 1. The molecule has 0 fully saturated rings. The highest BCUT2D eigenvalue weighted by molar-refractivity contribution is 5.92. The highest BCUT2D eigenvalue weighted by atomic mass is 16.3. The highest BCUT2D eigenvalue weighted by Crippen LogP contribution is 2.30. The van der Waals surface area contributed by atoms with E-state index in [1.54, 1.807) is 0 Å². The van der Waals surface area contributed by atoms with E-state index in [1.165, 1.54) is 0 Å². The summed E-state index contributed by atoms with van der Waals surface area (Å²) in [6.07, 6.45) is 3.67. The fourth-order valence-corrected chi connectivity index (χ4v) is 2.74. The van der Waals surface area contributed by atoms with E-state index in [4.69, 9.17) is 4.42 Å². The van der Waals surface area contributed by atoms with Crippen molar-refractivity contribution in [1.82, 2.24) is 4.98 Å². The number of fused-ring (bicyclic) bond motifs is 1. The molecule has 0 aliphatic carbocycles. The van der Waals surface area contributed by atoms with Gasteiger partial charge in [-0.15, -0.1) is 0 Å². The van der Waals surface area contributed by atoms with Gasteiger partial charge in [0, 0.05) is 17.7 Å². The summed E-state index contributed by atoms with van der Waals surface area (Å²) < 4.78 is 5.85. The van der Waals surface area contributed by atoms with Gasteiger partial charge in [0.05, 0.1) is 0 Å². The molecule has 3 rings (SSSR count). The van der Waals surface area contributed by atoms with Crippen LogP contribution in [0.3, 0.4) is 0 Å². The zero-order valence-corrected chi connectivity index (χ0v) is 14.1. The number of para-hydroxylation sites is 2. The number of rotatable bonds is 6. The number of oxazole rings is 1. The molecule has 0 radical (unpaired) electrons. The van der Waals surface area contributed by atoms with Crippen molar-refractivity contribution in [2.24, 2.45) is 0 Å². The molecule has 1 heterocycles. The fraction of sp³-hybridized carbons (Fsp3) is 0.300. The van der Waals surface area contributed by atoms with Gasteiger partial charge in [-0.2, -0.15) is 0 Å². The first kappa shape index (κ1) is 16.2. The van der Waals surface area contributed by atoms with E-state index in [2.05, 4.69) is 17.2 Å². The minimum atomic E-state index is 0.0567. The highest BCUT2D eigenvalue weighted by Gasteiger charge is 2.13. The predicted molar refractivity (Wildman–Crippen MR) is 97.0 cm³/mol. The molecule has 0 aliphatic heterocycles. The van der Waals surface area contributed by atoms with E-state index in [0.29, 0.717) is 12.3 Å². The largest absolute Gasteiger partial charge is 0.436 e. The van der Waals surface area contributed by atoms with Crippen molar-refractivity contribution in [2.75, 3.05) is 5.32 Å². The zero-order chi connectivity index (χ0) is 16.9. The number of unbranched alkanes of at least 4 members (excludes halogenated alkanes) is 2. The third kappa shape index (κ3) is 3.48. The molecule has 4 nitrogen and oxygen atoms in total. The number of hydrogen-bond donors (Lipinski definition) is 1. The molecular weight excluding hydrogens is 300 g/mol. The Kier molecular flexibility index (Phi) is 4.94. The average Bonchev–Trinajstić information content (AvgIpc) is 3.01. The van der Waals surface area contributed by atoms with Gasteiger partial charge in [-0.25, -0.2) is 4.98 Å². The van der Waals surface area contributed by atoms with Crippen LogP contribution in [0.5, 0.6) is 0 Å². The van der Waals surface area contributed by atoms with Crippen LogP contribution in [0.25, 0.3) is 22.6 Å². The Balaban J connectivity index is 1.84. The summed E-state index contributed by atoms with van der Waals surface area (Å²) in [5.41, 5.74) is 4.28. The molecule has 1 N–H and O–H groups in total. The lowest BCUT2D eigenvalue weighted by atomic mass is 10.1. The Morgan fingerprint density at radius 3 is 2.75 bits per heavy atom. The molecule has 4 heteroatoms. The third-order valence-electron chi connectivity index (χ3n) is 4.14. The van der Waals surface area contributed by atoms with Crippen LogP contribution in [0, 0.1) is 6.92 Å². The number of carbonyl (C=O) groups excluding carboxylic acids is 1. The number of benzene rings is 2. The molecule has 0 atom stereocenters. The fourth-order valence-electron chi connectivity index (χ4n) is 2.74. The molecule has 0 unspecified atom stereocenters. The molecule has 0 spiro atoms. The summed E-state index contributed by atoms with van der Waals surface area (Å²) in [7, 11) is 0. The second-order valence-corrected chi connectivity index (χ2v) is 5.97. The first-order valence-electron chi connectivity index (χ1n) is 8.44. The molecule has 124 valence electrons. The standard InChI is InChI=1S/C20H22N2O2/c1-3-4-5-13-19(23)21-16-11-8-9-15(14(16)2)20-22-17-10-6-7-12-18(17)24-20/h6-12H,3-5,13H2,1-2H3,(H,21,23). The van der Waals surface area contributed by atoms with Gasteiger partial charge in [-0.05, 0) is 43.2 Å². The Morgan fingerprint density at radius 1 is 1.12 bits per heavy atom. The first-order chi connectivity index (χ1) is 11.7. The van der Waals surface area contributed by atoms with E-state index >= 15 is 0 Å². The number of aromatic nitrogens is 1. The van der Waals surface area contributed by atoms with Gasteiger partial charge in [0.1, 0.15) is 5.52 Å². The van der Waals surface area contributed by atoms with Gasteiger partial charge in [-0.3, -0.25) is 4.79 Å². The summed E-state index contributed by atoms with van der Waals surface area (Å²) >= 11 is 0. The van der Waals surface area contributed by atoms with Crippen molar-refractivity contribution >= 4 is 22.7 Å². The lowest BCUT2D eigenvalue weighted by Crippen LogP contribution is -2.12. The Labute approximate surface area is 141 Å². The topological polar surface area (TPSA) is 55.1 Å². The number of carbonyl (C=O) groups is 1. The molecule has 0 saturated heterocycles.